The molecule has 1 aliphatic rings. The van der Waals surface area contributed by atoms with Crippen molar-refractivity contribution in [2.75, 3.05) is 26.3 Å². The van der Waals surface area contributed by atoms with Gasteiger partial charge in [0, 0.05) is 13.0 Å². The Hall–Kier alpha value is -2.69. The molecule has 5 heteroatoms. The van der Waals surface area contributed by atoms with E-state index in [1.54, 1.807) is 0 Å². The van der Waals surface area contributed by atoms with Gasteiger partial charge in [-0.25, -0.2) is 0 Å². The Morgan fingerprint density at radius 1 is 1.10 bits per heavy atom. The van der Waals surface area contributed by atoms with Crippen LogP contribution in [0.3, 0.4) is 0 Å². The van der Waals surface area contributed by atoms with Crippen molar-refractivity contribution in [3.63, 3.8) is 0 Å². The molecule has 0 N–H and O–H groups in total. The highest BCUT2D eigenvalue weighted by Crippen LogP contribution is 2.31. The van der Waals surface area contributed by atoms with Crippen molar-refractivity contribution in [2.45, 2.75) is 52.1 Å². The van der Waals surface area contributed by atoms with Crippen molar-refractivity contribution in [3.05, 3.63) is 54.1 Å². The number of nitrogens with zero attached hydrogens (tertiary/aromatic N) is 1. The minimum Gasteiger partial charge on any atom is -0.494 e. The van der Waals surface area contributed by atoms with Gasteiger partial charge in [0.05, 0.1) is 13.2 Å². The first kappa shape index (κ1) is 22.0. The van der Waals surface area contributed by atoms with Crippen LogP contribution in [-0.4, -0.2) is 43.2 Å². The third-order valence-electron chi connectivity index (χ3n) is 5.25. The van der Waals surface area contributed by atoms with Crippen LogP contribution in [0.4, 0.5) is 0 Å². The van der Waals surface area contributed by atoms with Crippen molar-refractivity contribution < 1.29 is 19.0 Å². The lowest BCUT2D eigenvalue weighted by atomic mass is 9.87. The largest absolute Gasteiger partial charge is 0.494 e. The molecule has 162 valence electrons. The molecule has 2 aromatic carbocycles. The minimum absolute atomic E-state index is 0.117. The average Bonchev–Trinajstić information content (AvgIpc) is 2.74. The van der Waals surface area contributed by atoms with E-state index in [-0.39, 0.29) is 17.4 Å². The summed E-state index contributed by atoms with van der Waals surface area (Å²) in [6, 6.07) is 15.8. The fourth-order valence-corrected chi connectivity index (χ4v) is 3.43. The second kappa shape index (κ2) is 9.88. The zero-order valence-electron chi connectivity index (χ0n) is 18.5. The molecule has 0 aromatic heterocycles. The van der Waals surface area contributed by atoms with Crippen LogP contribution in [0.25, 0.3) is 0 Å². The quantitative estimate of drug-likeness (QED) is 0.584. The Labute approximate surface area is 179 Å². The zero-order valence-corrected chi connectivity index (χ0v) is 18.5. The lowest BCUT2D eigenvalue weighted by Crippen LogP contribution is -2.43. The predicted molar refractivity (Wildman–Crippen MR) is 118 cm³/mol. The number of benzene rings is 2. The first-order chi connectivity index (χ1) is 14.4. The van der Waals surface area contributed by atoms with Crippen LogP contribution in [0.2, 0.25) is 0 Å². The Balaban J connectivity index is 1.41. The third kappa shape index (κ3) is 5.91. The summed E-state index contributed by atoms with van der Waals surface area (Å²) in [5.41, 5.74) is 1.41. The van der Waals surface area contributed by atoms with E-state index >= 15 is 0 Å². The molecule has 0 saturated heterocycles. The first-order valence-corrected chi connectivity index (χ1v) is 10.8. The first-order valence-electron chi connectivity index (χ1n) is 10.8. The summed E-state index contributed by atoms with van der Waals surface area (Å²) in [4.78, 5) is 14.5. The highest BCUT2D eigenvalue weighted by atomic mass is 16.6. The van der Waals surface area contributed by atoms with Crippen LogP contribution in [0, 0.1) is 0 Å². The smallest absolute Gasteiger partial charge is 0.222 e. The number of carbonyl (C=O) groups is 1. The number of hydrogen-bond donors (Lipinski definition) is 0. The highest BCUT2D eigenvalue weighted by Gasteiger charge is 2.24. The maximum absolute atomic E-state index is 12.6. The Morgan fingerprint density at radius 3 is 2.47 bits per heavy atom. The number of ether oxygens (including phenoxy) is 3. The molecule has 1 amide bonds. The topological polar surface area (TPSA) is 48.0 Å². The standard InChI is InChI=1S/C25H33NO4/c1-5-26(17-21-18-29-22-9-6-7-10-23(22)30-21)24(27)11-8-16-28-20-14-12-19(13-15-20)25(2,3)4/h6-7,9-10,12-15,21H,5,8,11,16-18H2,1-4H3/t21-/m1/s1. The van der Waals surface area contributed by atoms with Gasteiger partial charge in [0.1, 0.15) is 12.4 Å². The van der Waals surface area contributed by atoms with Gasteiger partial charge in [-0.1, -0.05) is 45.0 Å². The molecule has 0 fully saturated rings. The van der Waals surface area contributed by atoms with Gasteiger partial charge in [-0.15, -0.1) is 0 Å². The molecule has 3 rings (SSSR count). The molecular formula is C25H33NO4. The number of para-hydroxylation sites is 2. The second-order valence-electron chi connectivity index (χ2n) is 8.66. The molecule has 0 aliphatic carbocycles. The number of fused-ring (bicyclic) bond motifs is 1. The molecule has 1 atom stereocenters. The predicted octanol–water partition coefficient (Wildman–Crippen LogP) is 4.83. The summed E-state index contributed by atoms with van der Waals surface area (Å²) in [5, 5.41) is 0. The van der Waals surface area contributed by atoms with Gasteiger partial charge >= 0.3 is 0 Å². The number of likely N-dealkylation sites (N-methyl/N-ethyl adjacent to an activating group) is 1. The molecule has 30 heavy (non-hydrogen) atoms. The maximum atomic E-state index is 12.6. The molecule has 1 aliphatic heterocycles. The summed E-state index contributed by atoms with van der Waals surface area (Å²) < 4.78 is 17.6. The number of amides is 1. The molecule has 0 bridgehead atoms. The van der Waals surface area contributed by atoms with E-state index in [0.717, 1.165) is 17.2 Å². The number of hydrogen-bond acceptors (Lipinski definition) is 4. The average molecular weight is 412 g/mol. The van der Waals surface area contributed by atoms with Gasteiger partial charge in [-0.2, -0.15) is 0 Å². The van der Waals surface area contributed by atoms with Gasteiger partial charge in [-0.3, -0.25) is 4.79 Å². The Kier molecular flexibility index (Phi) is 7.24. The van der Waals surface area contributed by atoms with E-state index in [0.29, 0.717) is 39.1 Å². The van der Waals surface area contributed by atoms with E-state index in [4.69, 9.17) is 14.2 Å². The van der Waals surface area contributed by atoms with Crippen LogP contribution >= 0.6 is 0 Å². The SMILES string of the molecule is CCN(C[C@@H]1COc2ccccc2O1)C(=O)CCCOc1ccc(C(C)(C)C)cc1. The van der Waals surface area contributed by atoms with E-state index in [1.165, 1.54) is 5.56 Å². The van der Waals surface area contributed by atoms with E-state index in [2.05, 4.69) is 32.9 Å². The van der Waals surface area contributed by atoms with Crippen molar-refractivity contribution in [3.8, 4) is 17.2 Å². The summed E-state index contributed by atoms with van der Waals surface area (Å²) >= 11 is 0. The zero-order chi connectivity index (χ0) is 21.6. The van der Waals surface area contributed by atoms with E-state index in [9.17, 15) is 4.79 Å². The summed E-state index contributed by atoms with van der Waals surface area (Å²) in [6.07, 6.45) is 0.987. The third-order valence-corrected chi connectivity index (χ3v) is 5.25. The molecule has 1 heterocycles. The molecular weight excluding hydrogens is 378 g/mol. The molecule has 0 unspecified atom stereocenters. The summed E-state index contributed by atoms with van der Waals surface area (Å²) in [6.45, 7) is 10.7. The normalized spacial score (nSPS) is 15.5. The maximum Gasteiger partial charge on any atom is 0.222 e. The van der Waals surface area contributed by atoms with Gasteiger partial charge in [-0.05, 0) is 48.6 Å². The van der Waals surface area contributed by atoms with Gasteiger partial charge in [0.15, 0.2) is 17.6 Å². The minimum atomic E-state index is -0.151. The Morgan fingerprint density at radius 2 is 1.80 bits per heavy atom. The van der Waals surface area contributed by atoms with Gasteiger partial charge in [0.2, 0.25) is 5.91 Å². The number of carbonyl (C=O) groups excluding carboxylic acids is 1. The fourth-order valence-electron chi connectivity index (χ4n) is 3.43. The van der Waals surface area contributed by atoms with Gasteiger partial charge in [0.25, 0.3) is 0 Å². The van der Waals surface area contributed by atoms with Crippen molar-refractivity contribution >= 4 is 5.91 Å². The van der Waals surface area contributed by atoms with Crippen molar-refractivity contribution in [2.24, 2.45) is 0 Å². The van der Waals surface area contributed by atoms with Crippen LogP contribution < -0.4 is 14.2 Å². The molecule has 0 radical (unpaired) electrons. The van der Waals surface area contributed by atoms with Crippen LogP contribution in [-0.2, 0) is 10.2 Å². The van der Waals surface area contributed by atoms with Gasteiger partial charge < -0.3 is 19.1 Å². The fraction of sp³-hybridized carbons (Fsp3) is 0.480. The van der Waals surface area contributed by atoms with E-state index < -0.39 is 0 Å². The van der Waals surface area contributed by atoms with Crippen molar-refractivity contribution in [1.29, 1.82) is 0 Å². The molecule has 5 nitrogen and oxygen atoms in total. The van der Waals surface area contributed by atoms with E-state index in [1.807, 2.05) is 48.2 Å². The molecule has 0 saturated carbocycles. The second-order valence-corrected chi connectivity index (χ2v) is 8.66. The van der Waals surface area contributed by atoms with Crippen LogP contribution in [0.5, 0.6) is 17.2 Å². The number of rotatable bonds is 8. The highest BCUT2D eigenvalue weighted by molar-refractivity contribution is 5.76. The molecule has 0 spiro atoms. The van der Waals surface area contributed by atoms with Crippen molar-refractivity contribution in [1.82, 2.24) is 4.90 Å². The summed E-state index contributed by atoms with van der Waals surface area (Å²) in [5.74, 6) is 2.46. The monoisotopic (exact) mass is 411 g/mol. The van der Waals surface area contributed by atoms with Crippen LogP contribution in [0.15, 0.2) is 48.5 Å². The van der Waals surface area contributed by atoms with Crippen LogP contribution in [0.1, 0.15) is 46.1 Å². The lowest BCUT2D eigenvalue weighted by Gasteiger charge is -2.31. The Bertz CT molecular complexity index is 826. The lowest BCUT2D eigenvalue weighted by molar-refractivity contribution is -0.132. The molecule has 2 aromatic rings. The summed E-state index contributed by atoms with van der Waals surface area (Å²) in [7, 11) is 0.